The highest BCUT2D eigenvalue weighted by molar-refractivity contribution is 6.05. The number of nitrogens with zero attached hydrogens (tertiary/aromatic N) is 2. The molecule has 0 spiro atoms. The van der Waals surface area contributed by atoms with E-state index in [2.05, 4.69) is 0 Å². The molecule has 21 heavy (non-hydrogen) atoms. The Balaban J connectivity index is 0.000000774. The number of hydrogen-bond donors (Lipinski definition) is 0. The maximum atomic E-state index is 12.2. The molecule has 1 unspecified atom stereocenters. The maximum absolute atomic E-state index is 12.2. The number of rotatable bonds is 2. The summed E-state index contributed by atoms with van der Waals surface area (Å²) in [6, 6.07) is -0.608. The molecule has 3 rings (SSSR count). The highest BCUT2D eigenvalue weighted by Gasteiger charge is 2.49. The molecule has 6 nitrogen and oxygen atoms in total. The Morgan fingerprint density at radius 2 is 1.86 bits per heavy atom. The molecule has 1 aliphatic carbocycles. The third-order valence-electron chi connectivity index (χ3n) is 3.82. The van der Waals surface area contributed by atoms with Crippen LogP contribution in [0.3, 0.4) is 0 Å². The average molecular weight is 294 g/mol. The van der Waals surface area contributed by atoms with Crippen molar-refractivity contribution in [2.75, 3.05) is 13.2 Å². The van der Waals surface area contributed by atoms with Crippen molar-refractivity contribution >= 4 is 17.6 Å². The third-order valence-corrected chi connectivity index (χ3v) is 3.82. The van der Waals surface area contributed by atoms with Crippen molar-refractivity contribution in [3.05, 3.63) is 11.3 Å². The first kappa shape index (κ1) is 15.5. The SMILES string of the molecule is CC.CCOC1=C2CCCC(=O)C2N2C(=O)CC(=O)N2C1. The van der Waals surface area contributed by atoms with E-state index in [1.54, 1.807) is 0 Å². The van der Waals surface area contributed by atoms with Crippen LogP contribution in [0.5, 0.6) is 0 Å². The van der Waals surface area contributed by atoms with Gasteiger partial charge in [0.05, 0.1) is 6.61 Å². The molecule has 0 aromatic carbocycles. The van der Waals surface area contributed by atoms with Crippen LogP contribution >= 0.6 is 0 Å². The summed E-state index contributed by atoms with van der Waals surface area (Å²) in [4.78, 5) is 35.9. The van der Waals surface area contributed by atoms with Gasteiger partial charge in [0.15, 0.2) is 5.78 Å². The van der Waals surface area contributed by atoms with Gasteiger partial charge in [-0.05, 0) is 19.8 Å². The second-order valence-electron chi connectivity index (χ2n) is 4.97. The van der Waals surface area contributed by atoms with Gasteiger partial charge in [-0.15, -0.1) is 0 Å². The van der Waals surface area contributed by atoms with E-state index in [0.717, 1.165) is 18.4 Å². The van der Waals surface area contributed by atoms with Gasteiger partial charge >= 0.3 is 0 Å². The number of ether oxygens (including phenoxy) is 1. The predicted molar refractivity (Wildman–Crippen MR) is 75.8 cm³/mol. The van der Waals surface area contributed by atoms with E-state index in [1.165, 1.54) is 10.0 Å². The minimum absolute atomic E-state index is 0.00574. The van der Waals surface area contributed by atoms with Crippen LogP contribution in [0.2, 0.25) is 0 Å². The summed E-state index contributed by atoms with van der Waals surface area (Å²) in [6.07, 6.45) is 1.87. The van der Waals surface area contributed by atoms with E-state index in [1.807, 2.05) is 20.8 Å². The number of ketones is 1. The Morgan fingerprint density at radius 1 is 1.14 bits per heavy atom. The van der Waals surface area contributed by atoms with Crippen molar-refractivity contribution in [2.24, 2.45) is 0 Å². The van der Waals surface area contributed by atoms with Gasteiger partial charge in [0.2, 0.25) is 0 Å². The number of carbonyl (C=O) groups excluding carboxylic acids is 3. The molecule has 2 fully saturated rings. The van der Waals surface area contributed by atoms with Crippen LogP contribution in [0.15, 0.2) is 11.3 Å². The van der Waals surface area contributed by atoms with E-state index in [4.69, 9.17) is 4.74 Å². The van der Waals surface area contributed by atoms with Crippen molar-refractivity contribution in [1.29, 1.82) is 0 Å². The first-order chi connectivity index (χ1) is 10.1. The van der Waals surface area contributed by atoms with Crippen LogP contribution < -0.4 is 0 Å². The molecule has 3 aliphatic rings. The van der Waals surface area contributed by atoms with Gasteiger partial charge in [-0.2, -0.15) is 0 Å². The fourth-order valence-corrected chi connectivity index (χ4v) is 3.05. The van der Waals surface area contributed by atoms with Crippen molar-refractivity contribution < 1.29 is 19.1 Å². The van der Waals surface area contributed by atoms with Crippen molar-refractivity contribution in [3.63, 3.8) is 0 Å². The normalized spacial score (nSPS) is 24.5. The molecule has 1 atom stereocenters. The molecule has 0 N–H and O–H groups in total. The minimum atomic E-state index is -0.608. The molecule has 6 heteroatoms. The molecular formula is C15H22N2O4. The molecule has 0 radical (unpaired) electrons. The first-order valence-electron chi connectivity index (χ1n) is 7.63. The smallest absolute Gasteiger partial charge is 0.251 e. The van der Waals surface area contributed by atoms with E-state index >= 15 is 0 Å². The number of hydrazine groups is 1. The van der Waals surface area contributed by atoms with Crippen LogP contribution in [0.4, 0.5) is 0 Å². The Morgan fingerprint density at radius 3 is 2.52 bits per heavy atom. The highest BCUT2D eigenvalue weighted by atomic mass is 16.5. The number of hydrogen-bond acceptors (Lipinski definition) is 4. The van der Waals surface area contributed by atoms with Gasteiger partial charge in [-0.3, -0.25) is 14.4 Å². The molecule has 0 aromatic heterocycles. The molecule has 1 saturated heterocycles. The molecular weight excluding hydrogens is 272 g/mol. The Bertz CT molecular complexity index is 498. The number of fused-ring (bicyclic) bond motifs is 3. The van der Waals surface area contributed by atoms with Gasteiger partial charge in [0.1, 0.15) is 24.8 Å². The number of amides is 2. The second kappa shape index (κ2) is 6.28. The monoisotopic (exact) mass is 294 g/mol. The van der Waals surface area contributed by atoms with E-state index in [0.29, 0.717) is 18.8 Å². The average Bonchev–Trinajstić information content (AvgIpc) is 2.77. The molecule has 2 aliphatic heterocycles. The zero-order valence-corrected chi connectivity index (χ0v) is 12.8. The zero-order chi connectivity index (χ0) is 15.6. The summed E-state index contributed by atoms with van der Waals surface area (Å²) in [7, 11) is 0. The third kappa shape index (κ3) is 2.54. The van der Waals surface area contributed by atoms with Crippen LogP contribution in [0.1, 0.15) is 46.5 Å². The van der Waals surface area contributed by atoms with Crippen LogP contribution in [0.25, 0.3) is 0 Å². The van der Waals surface area contributed by atoms with E-state index < -0.39 is 6.04 Å². The van der Waals surface area contributed by atoms with Crippen molar-refractivity contribution in [1.82, 2.24) is 10.0 Å². The first-order valence-corrected chi connectivity index (χ1v) is 7.63. The summed E-state index contributed by atoms with van der Waals surface area (Å²) in [5.41, 5.74) is 0.886. The van der Waals surface area contributed by atoms with E-state index in [-0.39, 0.29) is 30.6 Å². The molecule has 2 heterocycles. The quantitative estimate of drug-likeness (QED) is 0.722. The number of carbonyl (C=O) groups is 3. The lowest BCUT2D eigenvalue weighted by molar-refractivity contribution is -0.157. The fraction of sp³-hybridized carbons (Fsp3) is 0.667. The van der Waals surface area contributed by atoms with Crippen molar-refractivity contribution in [2.45, 2.75) is 52.5 Å². The standard InChI is InChI=1S/C13H16N2O4.C2H6/c1-2-19-10-7-14-11(17)6-12(18)15(14)13-8(10)4-3-5-9(13)16;1-2/h13H,2-7H2,1H3;1-2H3. The Hall–Kier alpha value is -1.85. The highest BCUT2D eigenvalue weighted by Crippen LogP contribution is 2.36. The van der Waals surface area contributed by atoms with Crippen LogP contribution in [0, 0.1) is 0 Å². The van der Waals surface area contributed by atoms with Gasteiger partial charge in [0.25, 0.3) is 11.8 Å². The summed E-state index contributed by atoms with van der Waals surface area (Å²) < 4.78 is 5.59. The lowest BCUT2D eigenvalue weighted by atomic mass is 9.86. The Kier molecular flexibility index (Phi) is 4.65. The second-order valence-corrected chi connectivity index (χ2v) is 4.97. The zero-order valence-electron chi connectivity index (χ0n) is 12.8. The number of Topliss-reactive ketones (excluding diaryl/α,β-unsaturated/α-hetero) is 1. The lowest BCUT2D eigenvalue weighted by Gasteiger charge is -2.42. The summed E-state index contributed by atoms with van der Waals surface area (Å²) in [5, 5.41) is 2.71. The van der Waals surface area contributed by atoms with Crippen molar-refractivity contribution in [3.8, 4) is 0 Å². The minimum Gasteiger partial charge on any atom is -0.496 e. The lowest BCUT2D eigenvalue weighted by Crippen LogP contribution is -2.56. The summed E-state index contributed by atoms with van der Waals surface area (Å²) in [5.74, 6) is 0.170. The van der Waals surface area contributed by atoms with Crippen LogP contribution in [-0.4, -0.2) is 46.8 Å². The Labute approximate surface area is 124 Å². The molecule has 0 bridgehead atoms. The largest absolute Gasteiger partial charge is 0.496 e. The molecule has 0 aromatic rings. The molecule has 1 saturated carbocycles. The van der Waals surface area contributed by atoms with Gasteiger partial charge < -0.3 is 4.74 Å². The maximum Gasteiger partial charge on any atom is 0.251 e. The summed E-state index contributed by atoms with van der Waals surface area (Å²) >= 11 is 0. The fourth-order valence-electron chi connectivity index (χ4n) is 3.05. The molecule has 116 valence electrons. The molecule has 2 amide bonds. The van der Waals surface area contributed by atoms with Gasteiger partial charge in [0, 0.05) is 12.0 Å². The topological polar surface area (TPSA) is 66.9 Å². The van der Waals surface area contributed by atoms with Crippen LogP contribution in [-0.2, 0) is 19.1 Å². The van der Waals surface area contributed by atoms with Gasteiger partial charge in [-0.25, -0.2) is 10.0 Å². The van der Waals surface area contributed by atoms with E-state index in [9.17, 15) is 14.4 Å². The van der Waals surface area contributed by atoms with Gasteiger partial charge in [-0.1, -0.05) is 13.8 Å². The predicted octanol–water partition coefficient (Wildman–Crippen LogP) is 1.41. The summed E-state index contributed by atoms with van der Waals surface area (Å²) in [6.45, 7) is 6.64.